The lowest BCUT2D eigenvalue weighted by Crippen LogP contribution is -2.23. The van der Waals surface area contributed by atoms with Crippen LogP contribution in [0.2, 0.25) is 0 Å². The number of ketones is 1. The normalized spacial score (nSPS) is 12.0. The molecule has 1 amide bonds. The highest BCUT2D eigenvalue weighted by Gasteiger charge is 2.20. The van der Waals surface area contributed by atoms with Crippen molar-refractivity contribution in [1.29, 1.82) is 0 Å². The van der Waals surface area contributed by atoms with Gasteiger partial charge >= 0.3 is 0 Å². The molecule has 3 aromatic rings. The zero-order valence-corrected chi connectivity index (χ0v) is 16.7. The van der Waals surface area contributed by atoms with Gasteiger partial charge in [0.2, 0.25) is 11.8 Å². The molecule has 0 aliphatic rings. The van der Waals surface area contributed by atoms with Crippen LogP contribution in [0.25, 0.3) is 0 Å². The minimum Gasteiger partial charge on any atom is -0.416 e. The van der Waals surface area contributed by atoms with E-state index in [-0.39, 0.29) is 11.7 Å². The molecule has 0 unspecified atom stereocenters. The highest BCUT2D eigenvalue weighted by molar-refractivity contribution is 8.00. The summed E-state index contributed by atoms with van der Waals surface area (Å²) in [5.74, 6) is 0.103. The minimum atomic E-state index is -0.472. The number of benzene rings is 1. The summed E-state index contributed by atoms with van der Waals surface area (Å²) in [7, 11) is 0. The molecule has 0 fully saturated rings. The molecule has 0 aliphatic carbocycles. The number of rotatable bonds is 7. The molecular weight excluding hydrogens is 384 g/mol. The lowest BCUT2D eigenvalue weighted by molar-refractivity contribution is -0.115. The Balaban J connectivity index is 1.61. The van der Waals surface area contributed by atoms with E-state index in [9.17, 15) is 9.59 Å². The molecule has 1 N–H and O–H groups in total. The van der Waals surface area contributed by atoms with Crippen LogP contribution < -0.4 is 5.32 Å². The molecule has 0 saturated heterocycles. The number of hydrogen-bond acceptors (Lipinski definition) is 8. The van der Waals surface area contributed by atoms with Crippen molar-refractivity contribution in [2.45, 2.75) is 37.7 Å². The molecular formula is C18H18N4O3S2. The van der Waals surface area contributed by atoms with Gasteiger partial charge in [-0.15, -0.1) is 21.5 Å². The third-order valence-corrected chi connectivity index (χ3v) is 5.41. The summed E-state index contributed by atoms with van der Waals surface area (Å²) in [6, 6.07) is 6.91. The van der Waals surface area contributed by atoms with Crippen molar-refractivity contribution in [2.75, 3.05) is 5.32 Å². The molecule has 1 aromatic carbocycles. The minimum absolute atomic E-state index is 0.106. The molecule has 0 aliphatic heterocycles. The highest BCUT2D eigenvalue weighted by Crippen LogP contribution is 2.25. The summed E-state index contributed by atoms with van der Waals surface area (Å²) >= 11 is 2.73. The third kappa shape index (κ3) is 5.01. The maximum atomic E-state index is 12.5. The highest BCUT2D eigenvalue weighted by atomic mass is 32.2. The summed E-state index contributed by atoms with van der Waals surface area (Å²) in [5, 5.41) is 13.6. The van der Waals surface area contributed by atoms with Crippen LogP contribution in [-0.4, -0.2) is 32.1 Å². The zero-order chi connectivity index (χ0) is 19.4. The first-order valence-corrected chi connectivity index (χ1v) is 9.99. The monoisotopic (exact) mass is 402 g/mol. The first kappa shape index (κ1) is 19.2. The van der Waals surface area contributed by atoms with Crippen LogP contribution >= 0.6 is 23.1 Å². The maximum Gasteiger partial charge on any atom is 0.277 e. The van der Waals surface area contributed by atoms with Gasteiger partial charge < -0.3 is 9.73 Å². The topological polar surface area (TPSA) is 98.0 Å². The number of anilines is 1. The molecule has 9 heteroatoms. The van der Waals surface area contributed by atoms with Crippen molar-refractivity contribution < 1.29 is 14.0 Å². The largest absolute Gasteiger partial charge is 0.416 e. The van der Waals surface area contributed by atoms with E-state index in [0.29, 0.717) is 28.8 Å². The van der Waals surface area contributed by atoms with Crippen LogP contribution in [0.4, 0.5) is 5.69 Å². The summed E-state index contributed by atoms with van der Waals surface area (Å²) in [5.41, 5.74) is 1.85. The van der Waals surface area contributed by atoms with Crippen molar-refractivity contribution in [3.63, 3.8) is 0 Å². The average molecular weight is 403 g/mol. The van der Waals surface area contributed by atoms with Crippen LogP contribution in [0.5, 0.6) is 0 Å². The number of hydrogen-bond donors (Lipinski definition) is 1. The van der Waals surface area contributed by atoms with E-state index >= 15 is 0 Å². The van der Waals surface area contributed by atoms with E-state index in [1.807, 2.05) is 12.3 Å². The first-order valence-electron chi connectivity index (χ1n) is 8.23. The number of aromatic nitrogens is 3. The number of carbonyl (C=O) groups is 2. The standard InChI is InChI=1S/C18H18N4O3S2/c1-10(23)14-6-4-5-7-15(14)20-17(24)11(2)27-18-22-21-16(25-18)8-13-9-26-12(3)19-13/h4-7,9,11H,8H2,1-3H3,(H,20,24)/t11-/m0/s1. The Kier molecular flexibility index (Phi) is 6.02. The average Bonchev–Trinajstić information content (AvgIpc) is 3.24. The Morgan fingerprint density at radius 3 is 2.78 bits per heavy atom. The zero-order valence-electron chi connectivity index (χ0n) is 15.1. The van der Waals surface area contributed by atoms with Crippen LogP contribution in [0.3, 0.4) is 0 Å². The lowest BCUT2D eigenvalue weighted by atomic mass is 10.1. The summed E-state index contributed by atoms with van der Waals surface area (Å²) in [6.45, 7) is 5.14. The first-order chi connectivity index (χ1) is 12.9. The van der Waals surface area contributed by atoms with Crippen molar-refractivity contribution in [3.05, 3.63) is 51.8 Å². The second-order valence-electron chi connectivity index (χ2n) is 5.85. The number of aryl methyl sites for hydroxylation is 1. The van der Waals surface area contributed by atoms with Gasteiger partial charge in [0.15, 0.2) is 5.78 Å². The van der Waals surface area contributed by atoms with E-state index in [1.54, 1.807) is 42.5 Å². The molecule has 27 heavy (non-hydrogen) atoms. The molecule has 2 aromatic heterocycles. The smallest absolute Gasteiger partial charge is 0.277 e. The number of nitrogens with one attached hydrogen (secondary N) is 1. The molecule has 1 atom stereocenters. The van der Waals surface area contributed by atoms with E-state index in [1.165, 1.54) is 18.7 Å². The number of thiazole rings is 1. The number of nitrogens with zero attached hydrogens (tertiary/aromatic N) is 3. The van der Waals surface area contributed by atoms with Crippen LogP contribution in [0.1, 0.15) is 40.8 Å². The quantitative estimate of drug-likeness (QED) is 0.475. The van der Waals surface area contributed by atoms with Crippen LogP contribution in [0, 0.1) is 6.92 Å². The fraction of sp³-hybridized carbons (Fsp3) is 0.278. The number of Topliss-reactive ketones (excluding diaryl/α,β-unsaturated/α-hetero) is 1. The summed E-state index contributed by atoms with van der Waals surface area (Å²) in [6.07, 6.45) is 0.463. The van der Waals surface area contributed by atoms with Gasteiger partial charge in [0.1, 0.15) is 0 Å². The van der Waals surface area contributed by atoms with Gasteiger partial charge in [-0.05, 0) is 32.9 Å². The van der Waals surface area contributed by atoms with Gasteiger partial charge in [0.25, 0.3) is 5.22 Å². The van der Waals surface area contributed by atoms with Gasteiger partial charge in [-0.25, -0.2) is 4.98 Å². The Labute approximate surface area is 164 Å². The Morgan fingerprint density at radius 1 is 1.30 bits per heavy atom. The molecule has 140 valence electrons. The molecule has 3 rings (SSSR count). The van der Waals surface area contributed by atoms with Gasteiger partial charge in [0, 0.05) is 10.9 Å². The van der Waals surface area contributed by atoms with E-state index < -0.39 is 5.25 Å². The van der Waals surface area contributed by atoms with Gasteiger partial charge in [0.05, 0.1) is 28.1 Å². The van der Waals surface area contributed by atoms with Crippen molar-refractivity contribution in [2.24, 2.45) is 0 Å². The fourth-order valence-corrected chi connectivity index (χ4v) is 3.65. The van der Waals surface area contributed by atoms with Gasteiger partial charge in [-0.2, -0.15) is 0 Å². The van der Waals surface area contributed by atoms with E-state index in [4.69, 9.17) is 4.42 Å². The molecule has 7 nitrogen and oxygen atoms in total. The number of carbonyl (C=O) groups excluding carboxylic acids is 2. The summed E-state index contributed by atoms with van der Waals surface area (Å²) in [4.78, 5) is 28.5. The molecule has 2 heterocycles. The Hall–Kier alpha value is -2.52. The number of thioether (sulfide) groups is 1. The van der Waals surface area contributed by atoms with Crippen molar-refractivity contribution >= 4 is 40.5 Å². The van der Waals surface area contributed by atoms with Crippen molar-refractivity contribution in [3.8, 4) is 0 Å². The number of para-hydroxylation sites is 1. The van der Waals surface area contributed by atoms with Crippen LogP contribution in [0.15, 0.2) is 39.3 Å². The number of amides is 1. The lowest BCUT2D eigenvalue weighted by Gasteiger charge is -2.12. The van der Waals surface area contributed by atoms with E-state index in [2.05, 4.69) is 20.5 Å². The molecule has 0 radical (unpaired) electrons. The Morgan fingerprint density at radius 2 is 2.07 bits per heavy atom. The fourth-order valence-electron chi connectivity index (χ4n) is 2.34. The molecule has 0 spiro atoms. The van der Waals surface area contributed by atoms with Gasteiger partial charge in [-0.1, -0.05) is 23.9 Å². The van der Waals surface area contributed by atoms with Gasteiger partial charge in [-0.3, -0.25) is 9.59 Å². The van der Waals surface area contributed by atoms with Crippen LogP contribution in [-0.2, 0) is 11.2 Å². The summed E-state index contributed by atoms with van der Waals surface area (Å²) < 4.78 is 5.60. The maximum absolute atomic E-state index is 12.5. The molecule has 0 bridgehead atoms. The van der Waals surface area contributed by atoms with E-state index in [0.717, 1.165) is 10.7 Å². The Bertz CT molecular complexity index is 967. The predicted octanol–water partition coefficient (Wildman–Crippen LogP) is 3.75. The SMILES string of the molecule is CC(=O)c1ccccc1NC(=O)[C@H](C)Sc1nnc(Cc2csc(C)n2)o1. The predicted molar refractivity (Wildman–Crippen MR) is 104 cm³/mol. The molecule has 0 saturated carbocycles. The van der Waals surface area contributed by atoms with Crippen molar-refractivity contribution in [1.82, 2.24) is 15.2 Å². The second-order valence-corrected chi connectivity index (χ2v) is 8.20. The third-order valence-electron chi connectivity index (χ3n) is 3.66. The second kappa shape index (κ2) is 8.45.